The van der Waals surface area contributed by atoms with Crippen molar-refractivity contribution >= 4 is 6.03 Å². The molecule has 2 aromatic rings. The number of aromatic nitrogens is 2. The highest BCUT2D eigenvalue weighted by Gasteiger charge is 2.36. The molecule has 2 N–H and O–H groups in total. The quantitative estimate of drug-likeness (QED) is 0.905. The van der Waals surface area contributed by atoms with Crippen LogP contribution in [0.4, 0.5) is 4.79 Å². The van der Waals surface area contributed by atoms with E-state index in [1.54, 1.807) is 0 Å². The van der Waals surface area contributed by atoms with Gasteiger partial charge in [-0.1, -0.05) is 32.0 Å². The lowest BCUT2D eigenvalue weighted by atomic mass is 9.74. The molecule has 1 atom stereocenters. The SMILES string of the molecule is CC(C)NC(=O)NC1CC(C)(C)Cc2c1cnn2-c1ccccc1. The zero-order valence-corrected chi connectivity index (χ0v) is 14.8. The topological polar surface area (TPSA) is 59.0 Å². The Kier molecular flexibility index (Phi) is 4.35. The van der Waals surface area contributed by atoms with Gasteiger partial charge in [-0.3, -0.25) is 0 Å². The molecule has 3 rings (SSSR count). The van der Waals surface area contributed by atoms with Gasteiger partial charge in [-0.25, -0.2) is 9.48 Å². The molecule has 0 spiro atoms. The molecule has 0 aliphatic heterocycles. The lowest BCUT2D eigenvalue weighted by Crippen LogP contribution is -2.44. The second kappa shape index (κ2) is 6.30. The zero-order chi connectivity index (χ0) is 17.3. The molecule has 2 amide bonds. The van der Waals surface area contributed by atoms with Crippen LogP contribution >= 0.6 is 0 Å². The van der Waals surface area contributed by atoms with Gasteiger partial charge in [0.1, 0.15) is 0 Å². The van der Waals surface area contributed by atoms with Crippen molar-refractivity contribution < 1.29 is 4.79 Å². The molecular formula is C19H26N4O. The summed E-state index contributed by atoms with van der Waals surface area (Å²) in [6, 6.07) is 10.1. The fraction of sp³-hybridized carbons (Fsp3) is 0.474. The van der Waals surface area contributed by atoms with E-state index in [4.69, 9.17) is 0 Å². The van der Waals surface area contributed by atoms with Crippen LogP contribution in [0.15, 0.2) is 36.5 Å². The number of rotatable bonds is 3. The molecule has 0 fully saturated rings. The first kappa shape index (κ1) is 16.6. The highest BCUT2D eigenvalue weighted by molar-refractivity contribution is 5.74. The van der Waals surface area contributed by atoms with Crippen molar-refractivity contribution in [3.05, 3.63) is 47.8 Å². The maximum absolute atomic E-state index is 12.2. The standard InChI is InChI=1S/C19H26N4O/c1-13(2)21-18(24)22-16-10-19(3,4)11-17-15(16)12-20-23(17)14-8-6-5-7-9-14/h5-9,12-13,16H,10-11H2,1-4H3,(H2,21,22,24). The van der Waals surface area contributed by atoms with Crippen molar-refractivity contribution in [2.75, 3.05) is 0 Å². The van der Waals surface area contributed by atoms with Crippen molar-refractivity contribution in [1.82, 2.24) is 20.4 Å². The summed E-state index contributed by atoms with van der Waals surface area (Å²) in [5, 5.41) is 10.6. The van der Waals surface area contributed by atoms with E-state index in [1.807, 2.05) is 42.9 Å². The first-order valence-electron chi connectivity index (χ1n) is 8.55. The van der Waals surface area contributed by atoms with Gasteiger partial charge in [-0.05, 0) is 44.2 Å². The van der Waals surface area contributed by atoms with Crippen LogP contribution < -0.4 is 10.6 Å². The summed E-state index contributed by atoms with van der Waals surface area (Å²) >= 11 is 0. The Hall–Kier alpha value is -2.30. The van der Waals surface area contributed by atoms with Crippen LogP contribution in [0.3, 0.4) is 0 Å². The number of carbonyl (C=O) groups is 1. The third-order valence-electron chi connectivity index (χ3n) is 4.41. The van der Waals surface area contributed by atoms with Gasteiger partial charge < -0.3 is 10.6 Å². The normalized spacial score (nSPS) is 19.0. The predicted octanol–water partition coefficient (Wildman–Crippen LogP) is 3.59. The van der Waals surface area contributed by atoms with Crippen LogP contribution in [0, 0.1) is 5.41 Å². The molecular weight excluding hydrogens is 300 g/mol. The highest BCUT2D eigenvalue weighted by Crippen LogP contribution is 2.41. The van der Waals surface area contributed by atoms with Gasteiger partial charge >= 0.3 is 6.03 Å². The average molecular weight is 326 g/mol. The molecule has 24 heavy (non-hydrogen) atoms. The number of carbonyl (C=O) groups excluding carboxylic acids is 1. The van der Waals surface area contributed by atoms with E-state index >= 15 is 0 Å². The van der Waals surface area contributed by atoms with Crippen molar-refractivity contribution in [3.63, 3.8) is 0 Å². The third kappa shape index (κ3) is 3.45. The van der Waals surface area contributed by atoms with E-state index < -0.39 is 0 Å². The molecule has 0 saturated heterocycles. The molecule has 1 unspecified atom stereocenters. The van der Waals surface area contributed by atoms with E-state index in [2.05, 4.69) is 41.7 Å². The number of fused-ring (bicyclic) bond motifs is 1. The summed E-state index contributed by atoms with van der Waals surface area (Å²) in [4.78, 5) is 12.2. The molecule has 5 nitrogen and oxygen atoms in total. The zero-order valence-electron chi connectivity index (χ0n) is 14.8. The summed E-state index contributed by atoms with van der Waals surface area (Å²) in [7, 11) is 0. The van der Waals surface area contributed by atoms with Crippen molar-refractivity contribution in [3.8, 4) is 5.69 Å². The number of hydrogen-bond donors (Lipinski definition) is 2. The van der Waals surface area contributed by atoms with Crippen LogP contribution in [-0.4, -0.2) is 21.9 Å². The molecule has 0 radical (unpaired) electrons. The van der Waals surface area contributed by atoms with Crippen molar-refractivity contribution in [1.29, 1.82) is 0 Å². The van der Waals surface area contributed by atoms with Crippen LogP contribution in [0.25, 0.3) is 5.69 Å². The van der Waals surface area contributed by atoms with Crippen LogP contribution in [0.2, 0.25) is 0 Å². The van der Waals surface area contributed by atoms with Crippen molar-refractivity contribution in [2.24, 2.45) is 5.41 Å². The largest absolute Gasteiger partial charge is 0.336 e. The van der Waals surface area contributed by atoms with Gasteiger partial charge in [0.15, 0.2) is 0 Å². The summed E-state index contributed by atoms with van der Waals surface area (Å²) in [6.45, 7) is 8.41. The van der Waals surface area contributed by atoms with E-state index in [1.165, 1.54) is 5.69 Å². The maximum Gasteiger partial charge on any atom is 0.315 e. The number of para-hydroxylation sites is 1. The van der Waals surface area contributed by atoms with Gasteiger partial charge in [0.2, 0.25) is 0 Å². The number of hydrogen-bond acceptors (Lipinski definition) is 2. The number of nitrogens with zero attached hydrogens (tertiary/aromatic N) is 2. The van der Waals surface area contributed by atoms with Gasteiger partial charge in [0.05, 0.1) is 23.6 Å². The van der Waals surface area contributed by atoms with Gasteiger partial charge in [-0.2, -0.15) is 5.10 Å². The summed E-state index contributed by atoms with van der Waals surface area (Å²) < 4.78 is 2.01. The molecule has 1 aliphatic carbocycles. The number of urea groups is 1. The monoisotopic (exact) mass is 326 g/mol. The predicted molar refractivity (Wildman–Crippen MR) is 95.2 cm³/mol. The molecule has 128 valence electrons. The fourth-order valence-electron chi connectivity index (χ4n) is 3.43. The van der Waals surface area contributed by atoms with Crippen LogP contribution in [-0.2, 0) is 6.42 Å². The molecule has 1 aromatic carbocycles. The number of amides is 2. The van der Waals surface area contributed by atoms with E-state index in [-0.39, 0.29) is 23.5 Å². The van der Waals surface area contributed by atoms with Gasteiger partial charge in [0, 0.05) is 11.6 Å². The lowest BCUT2D eigenvalue weighted by Gasteiger charge is -2.36. The van der Waals surface area contributed by atoms with E-state index in [0.717, 1.165) is 24.1 Å². The number of benzene rings is 1. The number of nitrogens with one attached hydrogen (secondary N) is 2. The molecule has 1 heterocycles. The van der Waals surface area contributed by atoms with E-state index in [9.17, 15) is 4.79 Å². The molecule has 5 heteroatoms. The second-order valence-corrected chi connectivity index (χ2v) is 7.66. The minimum Gasteiger partial charge on any atom is -0.336 e. The Morgan fingerprint density at radius 2 is 2.00 bits per heavy atom. The lowest BCUT2D eigenvalue weighted by molar-refractivity contribution is 0.219. The first-order chi connectivity index (χ1) is 11.4. The van der Waals surface area contributed by atoms with Crippen LogP contribution in [0.1, 0.15) is 51.4 Å². The van der Waals surface area contributed by atoms with Gasteiger partial charge in [0.25, 0.3) is 0 Å². The van der Waals surface area contributed by atoms with E-state index in [0.29, 0.717) is 0 Å². The Bertz CT molecular complexity index is 718. The summed E-state index contributed by atoms with van der Waals surface area (Å²) in [6.07, 6.45) is 3.76. The first-order valence-corrected chi connectivity index (χ1v) is 8.55. The van der Waals surface area contributed by atoms with Gasteiger partial charge in [-0.15, -0.1) is 0 Å². The Labute approximate surface area is 143 Å². The minimum absolute atomic E-state index is 0.0139. The third-order valence-corrected chi connectivity index (χ3v) is 4.41. The Balaban J connectivity index is 1.93. The fourth-order valence-corrected chi connectivity index (χ4v) is 3.43. The summed E-state index contributed by atoms with van der Waals surface area (Å²) in [5.41, 5.74) is 3.47. The smallest absolute Gasteiger partial charge is 0.315 e. The van der Waals surface area contributed by atoms with Crippen LogP contribution in [0.5, 0.6) is 0 Å². The highest BCUT2D eigenvalue weighted by atomic mass is 16.2. The Morgan fingerprint density at radius 3 is 2.67 bits per heavy atom. The minimum atomic E-state index is -0.119. The molecule has 1 aliphatic rings. The molecule has 1 aromatic heterocycles. The average Bonchev–Trinajstić information content (AvgIpc) is 2.89. The Morgan fingerprint density at radius 1 is 1.29 bits per heavy atom. The molecule has 0 bridgehead atoms. The summed E-state index contributed by atoms with van der Waals surface area (Å²) in [5.74, 6) is 0. The maximum atomic E-state index is 12.2. The molecule has 0 saturated carbocycles. The van der Waals surface area contributed by atoms with Crippen molar-refractivity contribution in [2.45, 2.75) is 52.6 Å². The second-order valence-electron chi connectivity index (χ2n) is 7.66.